The summed E-state index contributed by atoms with van der Waals surface area (Å²) in [5.74, 6) is 0.584. The molecule has 70 valence electrons. The van der Waals surface area contributed by atoms with Crippen molar-refractivity contribution in [2.45, 2.75) is 52.0 Å². The van der Waals surface area contributed by atoms with Crippen molar-refractivity contribution in [3.05, 3.63) is 0 Å². The van der Waals surface area contributed by atoms with E-state index in [0.29, 0.717) is 12.0 Å². The van der Waals surface area contributed by atoms with Gasteiger partial charge in [-0.05, 0) is 13.3 Å². The van der Waals surface area contributed by atoms with Gasteiger partial charge in [-0.3, -0.25) is 4.79 Å². The molecule has 1 saturated heterocycles. The molecule has 0 aromatic rings. The molecule has 1 N–H and O–H groups in total. The van der Waals surface area contributed by atoms with Crippen LogP contribution >= 0.6 is 0 Å². The average molecular weight is 169 g/mol. The van der Waals surface area contributed by atoms with Crippen LogP contribution in [-0.4, -0.2) is 11.9 Å². The first kappa shape index (κ1) is 9.56. The van der Waals surface area contributed by atoms with Crippen LogP contribution in [0.25, 0.3) is 0 Å². The highest BCUT2D eigenvalue weighted by atomic mass is 16.2. The Bertz CT molecular complexity index is 156. The van der Waals surface area contributed by atoms with Gasteiger partial charge < -0.3 is 5.32 Å². The van der Waals surface area contributed by atoms with E-state index in [4.69, 9.17) is 0 Å². The lowest BCUT2D eigenvalue weighted by Gasteiger charge is -2.34. The van der Waals surface area contributed by atoms with E-state index in [0.717, 1.165) is 6.42 Å². The van der Waals surface area contributed by atoms with Crippen LogP contribution in [-0.2, 0) is 4.79 Å². The average Bonchev–Trinajstić information content (AvgIpc) is 2.04. The number of hydrogen-bond donors (Lipinski definition) is 1. The van der Waals surface area contributed by atoms with Gasteiger partial charge in [0.1, 0.15) is 0 Å². The third kappa shape index (κ3) is 2.23. The molecule has 1 aliphatic heterocycles. The molecule has 1 rings (SSSR count). The number of hydrogen-bond acceptors (Lipinski definition) is 1. The van der Waals surface area contributed by atoms with Crippen molar-refractivity contribution in [2.24, 2.45) is 5.92 Å². The van der Waals surface area contributed by atoms with Crippen LogP contribution < -0.4 is 5.32 Å². The Labute approximate surface area is 74.7 Å². The summed E-state index contributed by atoms with van der Waals surface area (Å²) >= 11 is 0. The van der Waals surface area contributed by atoms with Gasteiger partial charge in [0.15, 0.2) is 0 Å². The van der Waals surface area contributed by atoms with Crippen LogP contribution in [0.15, 0.2) is 0 Å². The van der Waals surface area contributed by atoms with Crippen molar-refractivity contribution in [1.29, 1.82) is 0 Å². The smallest absolute Gasteiger partial charge is 0.225 e. The molecule has 1 fully saturated rings. The first-order valence-electron chi connectivity index (χ1n) is 5.06. The van der Waals surface area contributed by atoms with Crippen molar-refractivity contribution in [3.8, 4) is 0 Å². The van der Waals surface area contributed by atoms with Crippen molar-refractivity contribution in [2.75, 3.05) is 0 Å². The molecule has 2 nitrogen and oxygen atoms in total. The number of nitrogens with one attached hydrogen (secondary N) is 1. The molecular weight excluding hydrogens is 150 g/mol. The van der Waals surface area contributed by atoms with E-state index < -0.39 is 0 Å². The maximum Gasteiger partial charge on any atom is 0.225 e. The number of rotatable bonds is 5. The van der Waals surface area contributed by atoms with Gasteiger partial charge in [0, 0.05) is 6.04 Å². The summed E-state index contributed by atoms with van der Waals surface area (Å²) < 4.78 is 0. The molecule has 1 amide bonds. The predicted octanol–water partition coefficient (Wildman–Crippen LogP) is 2.09. The lowest BCUT2D eigenvalue weighted by atomic mass is 9.87. The van der Waals surface area contributed by atoms with Crippen LogP contribution in [0.5, 0.6) is 0 Å². The summed E-state index contributed by atoms with van der Waals surface area (Å²) in [6.45, 7) is 4.30. The van der Waals surface area contributed by atoms with Crippen molar-refractivity contribution in [1.82, 2.24) is 5.32 Å². The monoisotopic (exact) mass is 169 g/mol. The molecule has 2 atom stereocenters. The van der Waals surface area contributed by atoms with E-state index in [1.807, 2.05) is 0 Å². The fraction of sp³-hybridized carbons (Fsp3) is 0.900. The van der Waals surface area contributed by atoms with E-state index in [2.05, 4.69) is 19.2 Å². The lowest BCUT2D eigenvalue weighted by Crippen LogP contribution is -2.56. The van der Waals surface area contributed by atoms with Crippen LogP contribution in [0.1, 0.15) is 46.0 Å². The van der Waals surface area contributed by atoms with Gasteiger partial charge in [0.2, 0.25) is 5.91 Å². The van der Waals surface area contributed by atoms with Gasteiger partial charge in [-0.15, -0.1) is 0 Å². The van der Waals surface area contributed by atoms with E-state index in [1.165, 1.54) is 25.7 Å². The van der Waals surface area contributed by atoms with Crippen molar-refractivity contribution >= 4 is 5.91 Å². The fourth-order valence-electron chi connectivity index (χ4n) is 1.73. The second-order valence-corrected chi connectivity index (χ2v) is 3.75. The van der Waals surface area contributed by atoms with E-state index in [9.17, 15) is 4.79 Å². The van der Waals surface area contributed by atoms with Crippen LogP contribution in [0.4, 0.5) is 0 Å². The molecule has 0 aromatic carbocycles. The largest absolute Gasteiger partial charge is 0.353 e. The zero-order valence-electron chi connectivity index (χ0n) is 8.10. The third-order valence-electron chi connectivity index (χ3n) is 2.68. The molecule has 1 heterocycles. The maximum absolute atomic E-state index is 11.0. The second-order valence-electron chi connectivity index (χ2n) is 3.75. The van der Waals surface area contributed by atoms with Crippen LogP contribution in [0, 0.1) is 5.92 Å². The summed E-state index contributed by atoms with van der Waals surface area (Å²) in [4.78, 5) is 11.0. The van der Waals surface area contributed by atoms with Gasteiger partial charge in [-0.2, -0.15) is 0 Å². The maximum atomic E-state index is 11.0. The predicted molar refractivity (Wildman–Crippen MR) is 49.9 cm³/mol. The quantitative estimate of drug-likeness (QED) is 0.495. The third-order valence-corrected chi connectivity index (χ3v) is 2.68. The van der Waals surface area contributed by atoms with Crippen LogP contribution in [0.3, 0.4) is 0 Å². The number of carbonyl (C=O) groups excluding carboxylic acids is 1. The van der Waals surface area contributed by atoms with E-state index >= 15 is 0 Å². The first-order valence-corrected chi connectivity index (χ1v) is 5.06. The van der Waals surface area contributed by atoms with Crippen molar-refractivity contribution in [3.63, 3.8) is 0 Å². The number of carbonyl (C=O) groups is 1. The van der Waals surface area contributed by atoms with E-state index in [-0.39, 0.29) is 5.91 Å². The molecule has 1 aliphatic rings. The zero-order chi connectivity index (χ0) is 8.97. The molecule has 2 unspecified atom stereocenters. The molecular formula is C10H19NO. The summed E-state index contributed by atoms with van der Waals surface area (Å²) in [6, 6.07) is 0.430. The summed E-state index contributed by atoms with van der Waals surface area (Å²) in [6.07, 6.45) is 6.17. The molecule has 0 radical (unpaired) electrons. The number of β-lactam (4-membered cyclic amide) rings is 1. The van der Waals surface area contributed by atoms with Gasteiger partial charge in [-0.1, -0.05) is 32.6 Å². The fourth-order valence-corrected chi connectivity index (χ4v) is 1.73. The number of unbranched alkanes of at least 4 members (excludes halogenated alkanes) is 3. The van der Waals surface area contributed by atoms with Crippen molar-refractivity contribution < 1.29 is 4.79 Å². The Morgan fingerprint density at radius 3 is 2.58 bits per heavy atom. The molecule has 0 saturated carbocycles. The Morgan fingerprint density at radius 2 is 2.08 bits per heavy atom. The molecule has 12 heavy (non-hydrogen) atoms. The van der Waals surface area contributed by atoms with E-state index in [1.54, 1.807) is 0 Å². The standard InChI is InChI=1S/C10H19NO/c1-3-4-5-6-7-9-8(2)11-10(9)12/h8-9H,3-7H2,1-2H3,(H,11,12). The summed E-state index contributed by atoms with van der Waals surface area (Å²) in [5.41, 5.74) is 0. The highest BCUT2D eigenvalue weighted by Crippen LogP contribution is 2.21. The minimum Gasteiger partial charge on any atom is -0.353 e. The second kappa shape index (κ2) is 4.48. The minimum atomic E-state index is 0.263. The molecule has 0 aliphatic carbocycles. The summed E-state index contributed by atoms with van der Waals surface area (Å²) in [5, 5.41) is 2.86. The van der Waals surface area contributed by atoms with Gasteiger partial charge in [-0.25, -0.2) is 0 Å². The van der Waals surface area contributed by atoms with Gasteiger partial charge in [0.05, 0.1) is 5.92 Å². The molecule has 0 aromatic heterocycles. The van der Waals surface area contributed by atoms with Gasteiger partial charge in [0.25, 0.3) is 0 Å². The Morgan fingerprint density at radius 1 is 1.33 bits per heavy atom. The normalized spacial score (nSPS) is 28.0. The SMILES string of the molecule is CCCCCCC1C(=O)NC1C. The molecule has 0 spiro atoms. The lowest BCUT2D eigenvalue weighted by molar-refractivity contribution is -0.134. The van der Waals surface area contributed by atoms with Gasteiger partial charge >= 0.3 is 0 Å². The Kier molecular flexibility index (Phi) is 3.57. The highest BCUT2D eigenvalue weighted by Gasteiger charge is 2.34. The molecule has 0 bridgehead atoms. The Balaban J connectivity index is 2.03. The topological polar surface area (TPSA) is 29.1 Å². The minimum absolute atomic E-state index is 0.263. The Hall–Kier alpha value is -0.530. The highest BCUT2D eigenvalue weighted by molar-refractivity contribution is 5.85. The first-order chi connectivity index (χ1) is 5.75. The van der Waals surface area contributed by atoms with Crippen LogP contribution in [0.2, 0.25) is 0 Å². The molecule has 2 heteroatoms. The summed E-state index contributed by atoms with van der Waals surface area (Å²) in [7, 11) is 0. The number of amides is 1. The zero-order valence-corrected chi connectivity index (χ0v) is 8.10.